The minimum atomic E-state index is -0.812. The van der Waals surface area contributed by atoms with Gasteiger partial charge in [0.15, 0.2) is 6.10 Å². The lowest BCUT2D eigenvalue weighted by Crippen LogP contribution is -2.30. The Morgan fingerprint density at radius 2 is 0.500 bits per heavy atom. The Labute approximate surface area is 496 Å². The van der Waals surface area contributed by atoms with Gasteiger partial charge in [-0.2, -0.15) is 0 Å². The van der Waals surface area contributed by atoms with E-state index in [4.69, 9.17) is 14.2 Å². The lowest BCUT2D eigenvalue weighted by Gasteiger charge is -2.18. The van der Waals surface area contributed by atoms with Gasteiger partial charge in [-0.25, -0.2) is 0 Å². The van der Waals surface area contributed by atoms with Gasteiger partial charge in [0, 0.05) is 19.3 Å². The summed E-state index contributed by atoms with van der Waals surface area (Å²) in [6.45, 7) is 6.49. The summed E-state index contributed by atoms with van der Waals surface area (Å²) in [7, 11) is 0. The van der Waals surface area contributed by atoms with E-state index in [2.05, 4.69) is 118 Å². The Balaban J connectivity index is 4.31. The first-order valence-corrected chi connectivity index (χ1v) is 34.2. The number of unbranched alkanes of at least 4 members (excludes halogenated alkanes) is 35. The number of hydrogen-bond acceptors (Lipinski definition) is 6. The molecule has 0 heterocycles. The van der Waals surface area contributed by atoms with Gasteiger partial charge in [0.05, 0.1) is 0 Å². The van der Waals surface area contributed by atoms with Crippen molar-refractivity contribution in [2.75, 3.05) is 13.2 Å². The molecule has 80 heavy (non-hydrogen) atoms. The van der Waals surface area contributed by atoms with E-state index in [-0.39, 0.29) is 37.5 Å². The Morgan fingerprint density at radius 1 is 0.263 bits per heavy atom. The van der Waals surface area contributed by atoms with Gasteiger partial charge >= 0.3 is 17.9 Å². The first kappa shape index (κ1) is 76.3. The summed E-state index contributed by atoms with van der Waals surface area (Å²) in [6.07, 6.45) is 91.5. The van der Waals surface area contributed by atoms with E-state index in [1.54, 1.807) is 0 Å². The van der Waals surface area contributed by atoms with Crippen LogP contribution in [0.1, 0.15) is 335 Å². The third kappa shape index (κ3) is 65.1. The Morgan fingerprint density at radius 3 is 0.812 bits per heavy atom. The molecule has 0 N–H and O–H groups in total. The van der Waals surface area contributed by atoms with Gasteiger partial charge in [-0.1, -0.05) is 298 Å². The summed E-state index contributed by atoms with van der Waals surface area (Å²) < 4.78 is 16.9. The molecular formula is C74H128O6. The largest absolute Gasteiger partial charge is 0.462 e. The van der Waals surface area contributed by atoms with E-state index < -0.39 is 6.10 Å². The molecule has 0 spiro atoms. The average molecular weight is 1110 g/mol. The van der Waals surface area contributed by atoms with Crippen LogP contribution < -0.4 is 0 Å². The van der Waals surface area contributed by atoms with Crippen molar-refractivity contribution >= 4 is 17.9 Å². The van der Waals surface area contributed by atoms with Crippen LogP contribution in [0.2, 0.25) is 0 Å². The van der Waals surface area contributed by atoms with Gasteiger partial charge in [-0.3, -0.25) is 14.4 Å². The normalized spacial score (nSPS) is 12.7. The maximum Gasteiger partial charge on any atom is 0.306 e. The second-order valence-corrected chi connectivity index (χ2v) is 22.7. The Hall–Kier alpha value is -3.67. The number of ether oxygens (including phenoxy) is 3. The van der Waals surface area contributed by atoms with Gasteiger partial charge in [0.2, 0.25) is 0 Å². The van der Waals surface area contributed by atoms with Crippen molar-refractivity contribution in [3.05, 3.63) is 97.2 Å². The van der Waals surface area contributed by atoms with Gasteiger partial charge < -0.3 is 14.2 Å². The fourth-order valence-electron chi connectivity index (χ4n) is 9.68. The molecule has 0 saturated carbocycles. The van der Waals surface area contributed by atoms with Crippen molar-refractivity contribution in [2.45, 2.75) is 341 Å². The summed E-state index contributed by atoms with van der Waals surface area (Å²) >= 11 is 0. The maximum absolute atomic E-state index is 12.9. The summed E-state index contributed by atoms with van der Waals surface area (Å²) in [6, 6.07) is 0. The summed E-state index contributed by atoms with van der Waals surface area (Å²) in [5, 5.41) is 0. The molecule has 0 aliphatic rings. The van der Waals surface area contributed by atoms with Crippen molar-refractivity contribution in [2.24, 2.45) is 0 Å². The number of carbonyl (C=O) groups excluding carboxylic acids is 3. The van der Waals surface area contributed by atoms with Crippen molar-refractivity contribution in [1.82, 2.24) is 0 Å². The van der Waals surface area contributed by atoms with E-state index >= 15 is 0 Å². The molecule has 1 unspecified atom stereocenters. The minimum absolute atomic E-state index is 0.101. The van der Waals surface area contributed by atoms with E-state index in [0.29, 0.717) is 19.3 Å². The number of hydrogen-bond donors (Lipinski definition) is 0. The zero-order valence-electron chi connectivity index (χ0n) is 52.8. The van der Waals surface area contributed by atoms with E-state index in [9.17, 15) is 14.4 Å². The molecule has 0 aliphatic carbocycles. The SMILES string of the molecule is CC/C=C\C/C=C\C/C=C\C/C=C\C/C=C\CCCC(=O)OC(COC(=O)CCCCCCC/C=C\CCCCCCCCC)COC(=O)CCCCCCCCCCCCCCCCCCC/C=C\C/C=C\CCCCCCC. The fourth-order valence-corrected chi connectivity index (χ4v) is 9.68. The molecule has 0 aromatic rings. The van der Waals surface area contributed by atoms with Crippen LogP contribution in [0.5, 0.6) is 0 Å². The molecule has 0 rings (SSSR count). The van der Waals surface area contributed by atoms with Gasteiger partial charge in [0.1, 0.15) is 13.2 Å². The highest BCUT2D eigenvalue weighted by molar-refractivity contribution is 5.71. The highest BCUT2D eigenvalue weighted by Gasteiger charge is 2.19. The minimum Gasteiger partial charge on any atom is -0.462 e. The molecule has 460 valence electrons. The zero-order valence-corrected chi connectivity index (χ0v) is 52.8. The van der Waals surface area contributed by atoms with Crippen LogP contribution in [-0.2, 0) is 28.6 Å². The van der Waals surface area contributed by atoms with Gasteiger partial charge in [0.25, 0.3) is 0 Å². The second kappa shape index (κ2) is 67.8. The summed E-state index contributed by atoms with van der Waals surface area (Å²) in [5.41, 5.74) is 0. The molecule has 0 radical (unpaired) electrons. The molecule has 0 aliphatic heterocycles. The predicted molar refractivity (Wildman–Crippen MR) is 348 cm³/mol. The molecular weight excluding hydrogens is 985 g/mol. The highest BCUT2D eigenvalue weighted by atomic mass is 16.6. The first-order valence-electron chi connectivity index (χ1n) is 34.2. The number of allylic oxidation sites excluding steroid dienone is 16. The number of esters is 3. The Kier molecular flexibility index (Phi) is 64.7. The monoisotopic (exact) mass is 1110 g/mol. The smallest absolute Gasteiger partial charge is 0.306 e. The lowest BCUT2D eigenvalue weighted by molar-refractivity contribution is -0.167. The van der Waals surface area contributed by atoms with Crippen molar-refractivity contribution in [3.63, 3.8) is 0 Å². The predicted octanol–water partition coefficient (Wildman–Crippen LogP) is 23.6. The average Bonchev–Trinajstić information content (AvgIpc) is 3.46. The zero-order chi connectivity index (χ0) is 57.8. The fraction of sp³-hybridized carbons (Fsp3) is 0.743. The third-order valence-corrected chi connectivity index (χ3v) is 14.8. The number of rotatable bonds is 62. The van der Waals surface area contributed by atoms with Gasteiger partial charge in [-0.15, -0.1) is 0 Å². The molecule has 0 aromatic heterocycles. The van der Waals surface area contributed by atoms with Crippen molar-refractivity contribution in [3.8, 4) is 0 Å². The molecule has 0 saturated heterocycles. The Bertz CT molecular complexity index is 1560. The van der Waals surface area contributed by atoms with Crippen LogP contribution in [0.25, 0.3) is 0 Å². The maximum atomic E-state index is 12.9. The van der Waals surface area contributed by atoms with Crippen LogP contribution in [0.15, 0.2) is 97.2 Å². The van der Waals surface area contributed by atoms with E-state index in [0.717, 1.165) is 89.9 Å². The summed E-state index contributed by atoms with van der Waals surface area (Å²) in [4.78, 5) is 38.4. The summed E-state index contributed by atoms with van der Waals surface area (Å²) in [5.74, 6) is -0.956. The lowest BCUT2D eigenvalue weighted by atomic mass is 10.0. The highest BCUT2D eigenvalue weighted by Crippen LogP contribution is 2.17. The van der Waals surface area contributed by atoms with Crippen LogP contribution in [0.4, 0.5) is 0 Å². The molecule has 0 bridgehead atoms. The van der Waals surface area contributed by atoms with Crippen LogP contribution in [-0.4, -0.2) is 37.2 Å². The molecule has 6 heteroatoms. The van der Waals surface area contributed by atoms with E-state index in [1.807, 2.05) is 0 Å². The molecule has 0 fully saturated rings. The van der Waals surface area contributed by atoms with Crippen LogP contribution in [0, 0.1) is 0 Å². The third-order valence-electron chi connectivity index (χ3n) is 14.8. The first-order chi connectivity index (χ1) is 39.5. The van der Waals surface area contributed by atoms with Gasteiger partial charge in [-0.05, 0) is 116 Å². The second-order valence-electron chi connectivity index (χ2n) is 22.7. The molecule has 6 nitrogen and oxygen atoms in total. The standard InChI is InChI=1S/C74H128O6/c1-4-7-10-13-16-19-22-25-28-31-32-33-34-35-36-37-38-39-40-41-42-44-46-49-52-55-58-61-64-67-73(76)79-70-71(69-78-72(75)66-63-60-57-54-51-48-45-30-27-24-21-18-15-12-9-6-3)80-74(77)68-65-62-59-56-53-50-47-43-29-26-23-20-17-14-11-8-5-2/h8,11,17,20,22,25-26,29-32,45,47,50,56,59,71H,4-7,9-10,12-16,18-19,21,23-24,27-28,33-44,46,48-49,51-55,57-58,60-70H2,1-3H3/b11-8-,20-17-,25-22-,29-26-,32-31-,45-30-,50-47-,59-56-. The quantitative estimate of drug-likeness (QED) is 0.0261. The van der Waals surface area contributed by atoms with Crippen LogP contribution >= 0.6 is 0 Å². The van der Waals surface area contributed by atoms with Crippen molar-refractivity contribution in [1.29, 1.82) is 0 Å². The number of carbonyl (C=O) groups is 3. The van der Waals surface area contributed by atoms with Crippen molar-refractivity contribution < 1.29 is 28.6 Å². The molecule has 0 aromatic carbocycles. The molecule has 1 atom stereocenters. The van der Waals surface area contributed by atoms with E-state index in [1.165, 1.54) is 199 Å². The van der Waals surface area contributed by atoms with Crippen LogP contribution in [0.3, 0.4) is 0 Å². The molecule has 0 amide bonds. The topological polar surface area (TPSA) is 78.9 Å².